The molecule has 1 heterocycles. The second kappa shape index (κ2) is 12.5. The van der Waals surface area contributed by atoms with Gasteiger partial charge in [0.15, 0.2) is 5.78 Å². The normalized spacial score (nSPS) is 14.4. The zero-order chi connectivity index (χ0) is 18.6. The molecule has 0 aliphatic carbocycles. The Hall–Kier alpha value is -0.870. The van der Waals surface area contributed by atoms with Gasteiger partial charge < -0.3 is 4.90 Å². The van der Waals surface area contributed by atoms with E-state index in [1.807, 2.05) is 12.1 Å². The number of aryl methyl sites for hydroxylation is 1. The summed E-state index contributed by atoms with van der Waals surface area (Å²) in [4.78, 5) is 14.7. The van der Waals surface area contributed by atoms with Gasteiger partial charge in [0.25, 0.3) is 0 Å². The lowest BCUT2D eigenvalue weighted by Crippen LogP contribution is -2.33. The largest absolute Gasteiger partial charge is 0.358 e. The van der Waals surface area contributed by atoms with Crippen molar-refractivity contribution in [1.29, 1.82) is 0 Å². The topological polar surface area (TPSA) is 20.3 Å². The summed E-state index contributed by atoms with van der Waals surface area (Å²) >= 11 is 7.01. The van der Waals surface area contributed by atoms with Gasteiger partial charge in [0.1, 0.15) is 4.32 Å². The molecule has 0 bridgehead atoms. The Bertz CT molecular complexity index is 550. The van der Waals surface area contributed by atoms with Gasteiger partial charge >= 0.3 is 0 Å². The average Bonchev–Trinajstić information content (AvgIpc) is 2.69. The average molecular weight is 392 g/mol. The number of piperidine rings is 1. The molecule has 1 aliphatic heterocycles. The van der Waals surface area contributed by atoms with E-state index >= 15 is 0 Å². The third-order valence-corrected chi connectivity index (χ3v) is 6.56. The Morgan fingerprint density at radius 2 is 1.65 bits per heavy atom. The Morgan fingerprint density at radius 3 is 2.35 bits per heavy atom. The van der Waals surface area contributed by atoms with E-state index in [9.17, 15) is 4.79 Å². The molecular weight excluding hydrogens is 358 g/mol. The lowest BCUT2D eigenvalue weighted by atomic mass is 10.0. The molecule has 4 heteroatoms. The maximum Gasteiger partial charge on any atom is 0.173 e. The number of thioether (sulfide) groups is 1. The van der Waals surface area contributed by atoms with E-state index in [-0.39, 0.29) is 5.78 Å². The fourth-order valence-corrected chi connectivity index (χ4v) is 4.49. The van der Waals surface area contributed by atoms with Crippen LogP contribution in [-0.4, -0.2) is 33.8 Å². The van der Waals surface area contributed by atoms with Crippen molar-refractivity contribution in [3.63, 3.8) is 0 Å². The highest BCUT2D eigenvalue weighted by molar-refractivity contribution is 8.23. The molecule has 0 aromatic heterocycles. The minimum atomic E-state index is 0.181. The Balaban J connectivity index is 1.68. The number of rotatable bonds is 10. The van der Waals surface area contributed by atoms with Crippen LogP contribution in [0.4, 0.5) is 0 Å². The van der Waals surface area contributed by atoms with Gasteiger partial charge in [-0.15, -0.1) is 0 Å². The SMILES string of the molecule is CCCCCCCCc1ccc(C(=O)CSC(=S)N2CCCCC2)cc1. The molecule has 1 saturated heterocycles. The highest BCUT2D eigenvalue weighted by Crippen LogP contribution is 2.18. The first-order valence-electron chi connectivity index (χ1n) is 10.2. The molecule has 2 nitrogen and oxygen atoms in total. The van der Waals surface area contributed by atoms with E-state index in [0.29, 0.717) is 5.75 Å². The van der Waals surface area contributed by atoms with Gasteiger partial charge in [-0.25, -0.2) is 0 Å². The minimum absolute atomic E-state index is 0.181. The number of thiocarbonyl (C=S) groups is 1. The number of nitrogens with zero attached hydrogens (tertiary/aromatic N) is 1. The van der Waals surface area contributed by atoms with Crippen LogP contribution in [0.25, 0.3) is 0 Å². The van der Waals surface area contributed by atoms with Crippen LogP contribution in [0.3, 0.4) is 0 Å². The van der Waals surface area contributed by atoms with Crippen molar-refractivity contribution in [2.45, 2.75) is 71.1 Å². The third kappa shape index (κ3) is 7.79. The Kier molecular flexibility index (Phi) is 10.3. The number of Topliss-reactive ketones (excluding diaryl/α,β-unsaturated/α-hetero) is 1. The smallest absolute Gasteiger partial charge is 0.173 e. The maximum absolute atomic E-state index is 12.4. The van der Waals surface area contributed by atoms with Gasteiger partial charge in [-0.1, -0.05) is 87.3 Å². The second-order valence-corrected chi connectivity index (χ2v) is 8.85. The van der Waals surface area contributed by atoms with Crippen LogP contribution in [0.1, 0.15) is 80.6 Å². The molecule has 0 spiro atoms. The monoisotopic (exact) mass is 391 g/mol. The number of hydrogen-bond donors (Lipinski definition) is 0. The number of carbonyl (C=O) groups excluding carboxylic acids is 1. The van der Waals surface area contributed by atoms with Gasteiger partial charge in [0.2, 0.25) is 0 Å². The van der Waals surface area contributed by atoms with Crippen molar-refractivity contribution in [3.8, 4) is 0 Å². The quantitative estimate of drug-likeness (QED) is 0.266. The summed E-state index contributed by atoms with van der Waals surface area (Å²) in [6.07, 6.45) is 12.8. The number of likely N-dealkylation sites (tertiary alicyclic amines) is 1. The Labute approximate surface area is 169 Å². The Morgan fingerprint density at radius 1 is 1.00 bits per heavy atom. The third-order valence-electron chi connectivity index (χ3n) is 5.04. The van der Waals surface area contributed by atoms with Crippen LogP contribution in [0.5, 0.6) is 0 Å². The molecule has 1 aromatic rings. The van der Waals surface area contributed by atoms with Gasteiger partial charge in [-0.3, -0.25) is 4.79 Å². The first kappa shape index (κ1) is 21.4. The van der Waals surface area contributed by atoms with E-state index in [4.69, 9.17) is 12.2 Å². The molecule has 0 N–H and O–H groups in total. The highest BCUT2D eigenvalue weighted by Gasteiger charge is 2.15. The number of carbonyl (C=O) groups is 1. The minimum Gasteiger partial charge on any atom is -0.358 e. The van der Waals surface area contributed by atoms with E-state index in [1.54, 1.807) is 0 Å². The molecule has 0 unspecified atom stereocenters. The summed E-state index contributed by atoms with van der Waals surface area (Å²) in [6.45, 7) is 4.35. The number of benzene rings is 1. The molecule has 0 atom stereocenters. The van der Waals surface area contributed by atoms with Gasteiger partial charge in [-0.2, -0.15) is 0 Å². The molecular formula is C22H33NOS2. The van der Waals surface area contributed by atoms with E-state index in [1.165, 1.54) is 75.1 Å². The predicted octanol–water partition coefficient (Wildman–Crippen LogP) is 6.28. The van der Waals surface area contributed by atoms with Crippen LogP contribution in [0, 0.1) is 0 Å². The molecule has 0 saturated carbocycles. The summed E-state index contributed by atoms with van der Waals surface area (Å²) in [5.74, 6) is 0.631. The second-order valence-electron chi connectivity index (χ2n) is 7.24. The van der Waals surface area contributed by atoms with Crippen molar-refractivity contribution in [2.75, 3.05) is 18.8 Å². The van der Waals surface area contributed by atoms with Crippen molar-refractivity contribution in [2.24, 2.45) is 0 Å². The molecule has 2 rings (SSSR count). The zero-order valence-electron chi connectivity index (χ0n) is 16.2. The summed E-state index contributed by atoms with van der Waals surface area (Å²) < 4.78 is 0.887. The maximum atomic E-state index is 12.4. The van der Waals surface area contributed by atoms with Gasteiger partial charge in [0, 0.05) is 18.7 Å². The number of hydrogen-bond acceptors (Lipinski definition) is 3. The van der Waals surface area contributed by atoms with Crippen molar-refractivity contribution in [1.82, 2.24) is 4.90 Å². The molecule has 0 amide bonds. The zero-order valence-corrected chi connectivity index (χ0v) is 17.8. The van der Waals surface area contributed by atoms with Gasteiger partial charge in [-0.05, 0) is 37.7 Å². The fourth-order valence-electron chi connectivity index (χ4n) is 3.35. The van der Waals surface area contributed by atoms with E-state index in [0.717, 1.165) is 29.4 Å². The number of ketones is 1. The van der Waals surface area contributed by atoms with Crippen LogP contribution < -0.4 is 0 Å². The van der Waals surface area contributed by atoms with Crippen LogP contribution in [-0.2, 0) is 6.42 Å². The fraction of sp³-hybridized carbons (Fsp3) is 0.636. The molecule has 144 valence electrons. The summed E-state index contributed by atoms with van der Waals surface area (Å²) in [7, 11) is 0. The lowest BCUT2D eigenvalue weighted by molar-refractivity contribution is 0.102. The van der Waals surface area contributed by atoms with Crippen molar-refractivity contribution < 1.29 is 4.79 Å². The first-order chi connectivity index (χ1) is 12.7. The number of unbranched alkanes of at least 4 members (excludes halogenated alkanes) is 5. The molecule has 26 heavy (non-hydrogen) atoms. The van der Waals surface area contributed by atoms with Crippen molar-refractivity contribution in [3.05, 3.63) is 35.4 Å². The first-order valence-corrected chi connectivity index (χ1v) is 11.6. The summed E-state index contributed by atoms with van der Waals surface area (Å²) in [5, 5.41) is 0. The summed E-state index contributed by atoms with van der Waals surface area (Å²) in [5.41, 5.74) is 2.15. The molecule has 1 fully saturated rings. The lowest BCUT2D eigenvalue weighted by Gasteiger charge is -2.28. The predicted molar refractivity (Wildman–Crippen MR) is 118 cm³/mol. The van der Waals surface area contributed by atoms with Crippen LogP contribution in [0.2, 0.25) is 0 Å². The van der Waals surface area contributed by atoms with Crippen LogP contribution in [0.15, 0.2) is 24.3 Å². The molecule has 1 aliphatic rings. The highest BCUT2D eigenvalue weighted by atomic mass is 32.2. The van der Waals surface area contributed by atoms with E-state index in [2.05, 4.69) is 24.0 Å². The summed E-state index contributed by atoms with van der Waals surface area (Å²) in [6, 6.07) is 8.21. The van der Waals surface area contributed by atoms with Crippen molar-refractivity contribution >= 4 is 34.1 Å². The van der Waals surface area contributed by atoms with E-state index < -0.39 is 0 Å². The molecule has 0 radical (unpaired) electrons. The molecule has 1 aromatic carbocycles. The van der Waals surface area contributed by atoms with Gasteiger partial charge in [0.05, 0.1) is 5.75 Å². The van der Waals surface area contributed by atoms with Crippen LogP contribution >= 0.6 is 24.0 Å². The standard InChI is InChI=1S/C22H33NOS2/c1-2-3-4-5-6-8-11-19-12-14-20(15-13-19)21(24)18-26-22(25)23-16-9-7-10-17-23/h12-15H,2-11,16-18H2,1H3.